The largest absolute Gasteiger partial charge is 0.303 e. The Labute approximate surface area is 152 Å². The lowest BCUT2D eigenvalue weighted by Crippen LogP contribution is -2.47. The molecule has 0 spiro atoms. The van der Waals surface area contributed by atoms with Gasteiger partial charge in [0, 0.05) is 18.3 Å². The molecule has 0 aliphatic carbocycles. The van der Waals surface area contributed by atoms with Crippen molar-refractivity contribution in [3.05, 3.63) is 42.2 Å². The van der Waals surface area contributed by atoms with Crippen molar-refractivity contribution in [2.45, 2.75) is 58.3 Å². The van der Waals surface area contributed by atoms with Crippen LogP contribution in [0.2, 0.25) is 0 Å². The number of benzene rings is 1. The van der Waals surface area contributed by atoms with Crippen molar-refractivity contribution in [1.82, 2.24) is 15.1 Å². The summed E-state index contributed by atoms with van der Waals surface area (Å²) < 4.78 is 0. The number of nitrogens with one attached hydrogen (secondary N) is 1. The SMILES string of the molecule is CCCCCCN1CCC(C)(c2cccc(-c3cn[nH]c3)c2)C(C)C1. The van der Waals surface area contributed by atoms with Gasteiger partial charge in [-0.2, -0.15) is 5.10 Å². The summed E-state index contributed by atoms with van der Waals surface area (Å²) in [5, 5.41) is 7.02. The molecule has 1 aliphatic heterocycles. The normalized spacial score (nSPS) is 24.5. The number of rotatable bonds is 7. The minimum atomic E-state index is 0.264. The molecule has 2 unspecified atom stereocenters. The number of hydrogen-bond donors (Lipinski definition) is 1. The molecule has 1 aliphatic rings. The van der Waals surface area contributed by atoms with Gasteiger partial charge in [0.05, 0.1) is 6.20 Å². The topological polar surface area (TPSA) is 31.9 Å². The lowest BCUT2D eigenvalue weighted by molar-refractivity contribution is 0.109. The van der Waals surface area contributed by atoms with Gasteiger partial charge < -0.3 is 4.90 Å². The lowest BCUT2D eigenvalue weighted by atomic mass is 9.67. The molecule has 3 heteroatoms. The summed E-state index contributed by atoms with van der Waals surface area (Å²) in [5.41, 5.74) is 4.18. The van der Waals surface area contributed by atoms with E-state index < -0.39 is 0 Å². The molecule has 2 heterocycles. The fraction of sp³-hybridized carbons (Fsp3) is 0.591. The van der Waals surface area contributed by atoms with E-state index in [1.165, 1.54) is 68.4 Å². The predicted molar refractivity (Wildman–Crippen MR) is 106 cm³/mol. The van der Waals surface area contributed by atoms with Crippen molar-refractivity contribution in [1.29, 1.82) is 0 Å². The van der Waals surface area contributed by atoms with Gasteiger partial charge in [-0.3, -0.25) is 5.10 Å². The monoisotopic (exact) mass is 339 g/mol. The van der Waals surface area contributed by atoms with E-state index >= 15 is 0 Å². The minimum Gasteiger partial charge on any atom is -0.303 e. The van der Waals surface area contributed by atoms with Crippen LogP contribution in [0.15, 0.2) is 36.7 Å². The maximum atomic E-state index is 4.09. The van der Waals surface area contributed by atoms with E-state index in [4.69, 9.17) is 0 Å². The molecule has 1 saturated heterocycles. The Hall–Kier alpha value is -1.61. The van der Waals surface area contributed by atoms with E-state index in [0.717, 1.165) is 0 Å². The molecule has 25 heavy (non-hydrogen) atoms. The molecular formula is C22H33N3. The molecule has 0 bridgehead atoms. The lowest BCUT2D eigenvalue weighted by Gasteiger charge is -2.45. The highest BCUT2D eigenvalue weighted by Gasteiger charge is 2.37. The van der Waals surface area contributed by atoms with Crippen LogP contribution in [0.5, 0.6) is 0 Å². The van der Waals surface area contributed by atoms with Crippen molar-refractivity contribution in [3.63, 3.8) is 0 Å². The number of likely N-dealkylation sites (tertiary alicyclic amines) is 1. The zero-order valence-corrected chi connectivity index (χ0v) is 16.1. The average molecular weight is 340 g/mol. The van der Waals surface area contributed by atoms with Crippen molar-refractivity contribution >= 4 is 0 Å². The molecule has 3 rings (SSSR count). The van der Waals surface area contributed by atoms with Crippen LogP contribution in [0.3, 0.4) is 0 Å². The summed E-state index contributed by atoms with van der Waals surface area (Å²) in [6.07, 6.45) is 10.6. The fourth-order valence-electron chi connectivity index (χ4n) is 4.17. The Morgan fingerprint density at radius 2 is 2.12 bits per heavy atom. The van der Waals surface area contributed by atoms with Crippen LogP contribution < -0.4 is 0 Å². The summed E-state index contributed by atoms with van der Waals surface area (Å²) in [6, 6.07) is 9.08. The van der Waals surface area contributed by atoms with Gasteiger partial charge in [-0.05, 0) is 48.4 Å². The van der Waals surface area contributed by atoms with E-state index in [1.54, 1.807) is 0 Å². The molecule has 1 aromatic heterocycles. The zero-order valence-electron chi connectivity index (χ0n) is 16.1. The Bertz CT molecular complexity index is 649. The van der Waals surface area contributed by atoms with Gasteiger partial charge in [-0.15, -0.1) is 0 Å². The predicted octanol–water partition coefficient (Wildman–Crippen LogP) is 5.26. The Balaban J connectivity index is 1.67. The van der Waals surface area contributed by atoms with Crippen LogP contribution in [-0.4, -0.2) is 34.7 Å². The maximum Gasteiger partial charge on any atom is 0.0565 e. The maximum absolute atomic E-state index is 4.09. The molecule has 0 radical (unpaired) electrons. The number of H-pyrrole nitrogens is 1. The highest BCUT2D eigenvalue weighted by Crippen LogP contribution is 2.40. The summed E-state index contributed by atoms with van der Waals surface area (Å²) in [6.45, 7) is 10.9. The Morgan fingerprint density at radius 1 is 1.24 bits per heavy atom. The smallest absolute Gasteiger partial charge is 0.0565 e. The zero-order chi connectivity index (χ0) is 17.7. The minimum absolute atomic E-state index is 0.264. The first-order valence-corrected chi connectivity index (χ1v) is 9.95. The molecule has 2 aromatic rings. The van der Waals surface area contributed by atoms with Gasteiger partial charge in [0.1, 0.15) is 0 Å². The number of aromatic nitrogens is 2. The first kappa shape index (κ1) is 18.2. The summed E-state index contributed by atoms with van der Waals surface area (Å²) >= 11 is 0. The van der Waals surface area contributed by atoms with Crippen molar-refractivity contribution in [2.24, 2.45) is 5.92 Å². The fourth-order valence-corrected chi connectivity index (χ4v) is 4.17. The van der Waals surface area contributed by atoms with Crippen LogP contribution in [0.25, 0.3) is 11.1 Å². The highest BCUT2D eigenvalue weighted by molar-refractivity contribution is 5.62. The molecule has 0 amide bonds. The van der Waals surface area contributed by atoms with Crippen LogP contribution in [0, 0.1) is 5.92 Å². The van der Waals surface area contributed by atoms with Gasteiger partial charge in [-0.1, -0.05) is 64.3 Å². The highest BCUT2D eigenvalue weighted by atomic mass is 15.1. The second-order valence-corrected chi connectivity index (χ2v) is 8.00. The quantitative estimate of drug-likeness (QED) is 0.698. The number of unbranched alkanes of at least 4 members (excludes halogenated alkanes) is 3. The molecular weight excluding hydrogens is 306 g/mol. The van der Waals surface area contributed by atoms with Gasteiger partial charge in [0.2, 0.25) is 0 Å². The molecule has 0 saturated carbocycles. The second-order valence-electron chi connectivity index (χ2n) is 8.00. The molecule has 3 nitrogen and oxygen atoms in total. The van der Waals surface area contributed by atoms with E-state index in [9.17, 15) is 0 Å². The van der Waals surface area contributed by atoms with E-state index in [0.29, 0.717) is 5.92 Å². The standard InChI is InChI=1S/C22H33N3/c1-4-5-6-7-12-25-13-11-22(3,18(2)17-25)21-10-8-9-19(14-21)20-15-23-24-16-20/h8-10,14-16,18H,4-7,11-13,17H2,1-3H3,(H,23,24). The number of hydrogen-bond acceptors (Lipinski definition) is 2. The van der Waals surface area contributed by atoms with Crippen LogP contribution in [-0.2, 0) is 5.41 Å². The Morgan fingerprint density at radius 3 is 2.84 bits per heavy atom. The van der Waals surface area contributed by atoms with Gasteiger partial charge in [0.25, 0.3) is 0 Å². The third-order valence-corrected chi connectivity index (χ3v) is 6.25. The number of nitrogens with zero attached hydrogens (tertiary/aromatic N) is 2. The molecule has 136 valence electrons. The van der Waals surface area contributed by atoms with E-state index in [-0.39, 0.29) is 5.41 Å². The third kappa shape index (κ3) is 4.14. The number of piperidine rings is 1. The average Bonchev–Trinajstić information content (AvgIpc) is 3.17. The second kappa shape index (κ2) is 8.18. The first-order chi connectivity index (χ1) is 12.1. The molecule has 1 aromatic carbocycles. The summed E-state index contributed by atoms with van der Waals surface area (Å²) in [7, 11) is 0. The number of aromatic amines is 1. The van der Waals surface area contributed by atoms with Crippen molar-refractivity contribution < 1.29 is 0 Å². The van der Waals surface area contributed by atoms with Crippen LogP contribution in [0.4, 0.5) is 0 Å². The van der Waals surface area contributed by atoms with E-state index in [1.807, 2.05) is 12.4 Å². The van der Waals surface area contributed by atoms with Crippen molar-refractivity contribution in [3.8, 4) is 11.1 Å². The molecule has 1 N–H and O–H groups in total. The van der Waals surface area contributed by atoms with Gasteiger partial charge >= 0.3 is 0 Å². The van der Waals surface area contributed by atoms with Crippen molar-refractivity contribution in [2.75, 3.05) is 19.6 Å². The van der Waals surface area contributed by atoms with Crippen LogP contribution >= 0.6 is 0 Å². The van der Waals surface area contributed by atoms with Crippen LogP contribution in [0.1, 0.15) is 58.4 Å². The summed E-state index contributed by atoms with van der Waals surface area (Å²) in [4.78, 5) is 2.68. The Kier molecular flexibility index (Phi) is 5.95. The van der Waals surface area contributed by atoms with Gasteiger partial charge in [-0.25, -0.2) is 0 Å². The third-order valence-electron chi connectivity index (χ3n) is 6.25. The van der Waals surface area contributed by atoms with Gasteiger partial charge in [0.15, 0.2) is 0 Å². The molecule has 2 atom stereocenters. The summed E-state index contributed by atoms with van der Waals surface area (Å²) in [5.74, 6) is 0.673. The van der Waals surface area contributed by atoms with E-state index in [2.05, 4.69) is 60.1 Å². The molecule has 1 fully saturated rings. The first-order valence-electron chi connectivity index (χ1n) is 9.95.